The van der Waals surface area contributed by atoms with Gasteiger partial charge in [-0.1, -0.05) is 20.8 Å². The molecule has 1 aromatic rings. The summed E-state index contributed by atoms with van der Waals surface area (Å²) in [6.07, 6.45) is 7.95. The summed E-state index contributed by atoms with van der Waals surface area (Å²) < 4.78 is 0. The fourth-order valence-electron chi connectivity index (χ4n) is 3.09. The van der Waals surface area contributed by atoms with Crippen LogP contribution in [-0.2, 0) is 6.54 Å². The van der Waals surface area contributed by atoms with Gasteiger partial charge in [-0.05, 0) is 36.7 Å². The summed E-state index contributed by atoms with van der Waals surface area (Å²) in [5, 5.41) is 3.61. The predicted octanol–water partition coefficient (Wildman–Crippen LogP) is 3.21. The van der Waals surface area contributed by atoms with Crippen molar-refractivity contribution in [3.05, 3.63) is 24.0 Å². The van der Waals surface area contributed by atoms with Crippen molar-refractivity contribution in [1.29, 1.82) is 0 Å². The van der Waals surface area contributed by atoms with Gasteiger partial charge in [0.15, 0.2) is 0 Å². The number of aromatic nitrogens is 1. The predicted molar refractivity (Wildman–Crippen MR) is 83.9 cm³/mol. The monoisotopic (exact) mass is 273 g/mol. The zero-order valence-electron chi connectivity index (χ0n) is 13.0. The molecule has 3 nitrogen and oxygen atoms in total. The van der Waals surface area contributed by atoms with E-state index in [-0.39, 0.29) is 0 Å². The molecule has 1 saturated heterocycles. The van der Waals surface area contributed by atoms with E-state index in [0.717, 1.165) is 18.5 Å². The number of hydrogen-bond donors (Lipinski definition) is 1. The van der Waals surface area contributed by atoms with Crippen LogP contribution in [0.1, 0.15) is 45.6 Å². The van der Waals surface area contributed by atoms with Crippen LogP contribution in [0.15, 0.2) is 18.5 Å². The van der Waals surface area contributed by atoms with Gasteiger partial charge in [0.25, 0.3) is 0 Å². The van der Waals surface area contributed by atoms with Gasteiger partial charge in [-0.3, -0.25) is 4.98 Å². The lowest BCUT2D eigenvalue weighted by Gasteiger charge is -2.28. The summed E-state index contributed by atoms with van der Waals surface area (Å²) in [5.74, 6) is 0.792. The van der Waals surface area contributed by atoms with Crippen LogP contribution in [-0.4, -0.2) is 24.1 Å². The van der Waals surface area contributed by atoms with E-state index in [1.54, 1.807) is 0 Å². The maximum atomic E-state index is 4.32. The third kappa shape index (κ3) is 3.14. The lowest BCUT2D eigenvalue weighted by molar-refractivity contribution is 0.263. The first-order chi connectivity index (χ1) is 9.54. The van der Waals surface area contributed by atoms with Crippen LogP contribution in [0.25, 0.3) is 0 Å². The summed E-state index contributed by atoms with van der Waals surface area (Å²) in [4.78, 5) is 6.87. The van der Waals surface area contributed by atoms with Gasteiger partial charge < -0.3 is 10.2 Å². The molecule has 20 heavy (non-hydrogen) atoms. The van der Waals surface area contributed by atoms with Crippen molar-refractivity contribution in [2.45, 2.75) is 52.6 Å². The number of nitrogens with one attached hydrogen (secondary N) is 1. The van der Waals surface area contributed by atoms with Crippen LogP contribution in [0.4, 0.5) is 5.69 Å². The Balaban J connectivity index is 1.70. The van der Waals surface area contributed by atoms with Gasteiger partial charge in [0.1, 0.15) is 0 Å². The van der Waals surface area contributed by atoms with Crippen molar-refractivity contribution in [3.63, 3.8) is 0 Å². The molecule has 0 radical (unpaired) electrons. The zero-order chi connectivity index (χ0) is 14.2. The highest BCUT2D eigenvalue weighted by Gasteiger charge is 2.32. The van der Waals surface area contributed by atoms with Crippen molar-refractivity contribution in [3.8, 4) is 0 Å². The third-order valence-electron chi connectivity index (χ3n) is 4.79. The molecule has 1 N–H and O–H groups in total. The van der Waals surface area contributed by atoms with E-state index in [0.29, 0.717) is 5.41 Å². The largest absolute Gasteiger partial charge is 0.371 e. The van der Waals surface area contributed by atoms with Gasteiger partial charge in [0.2, 0.25) is 0 Å². The maximum Gasteiger partial charge on any atom is 0.0442 e. The van der Waals surface area contributed by atoms with E-state index >= 15 is 0 Å². The molecule has 2 heterocycles. The quantitative estimate of drug-likeness (QED) is 0.913. The molecule has 2 aliphatic rings. The van der Waals surface area contributed by atoms with Crippen molar-refractivity contribution in [2.75, 3.05) is 18.0 Å². The molecule has 0 aromatic carbocycles. The van der Waals surface area contributed by atoms with E-state index in [2.05, 4.69) is 42.0 Å². The number of rotatable bonds is 4. The number of anilines is 1. The first-order valence-corrected chi connectivity index (χ1v) is 7.95. The Labute approximate surface area is 122 Å². The van der Waals surface area contributed by atoms with Gasteiger partial charge >= 0.3 is 0 Å². The van der Waals surface area contributed by atoms with Gasteiger partial charge in [0.05, 0.1) is 0 Å². The topological polar surface area (TPSA) is 28.2 Å². The first kappa shape index (κ1) is 13.9. The SMILES string of the molecule is CC(C)(C)C1CCN(c2ccncc2CNC2CC2)C1. The average molecular weight is 273 g/mol. The molecule has 0 amide bonds. The first-order valence-electron chi connectivity index (χ1n) is 7.95. The molecule has 1 saturated carbocycles. The molecule has 1 aliphatic heterocycles. The minimum Gasteiger partial charge on any atom is -0.371 e. The van der Waals surface area contributed by atoms with Gasteiger partial charge in [-0.15, -0.1) is 0 Å². The second-order valence-electron chi connectivity index (χ2n) is 7.46. The second kappa shape index (κ2) is 5.36. The number of pyridine rings is 1. The van der Waals surface area contributed by atoms with Crippen LogP contribution < -0.4 is 10.2 Å². The molecule has 110 valence electrons. The molecular weight excluding hydrogens is 246 g/mol. The standard InChI is InChI=1S/C17H27N3/c1-17(2,3)14-7-9-20(12-14)16-6-8-18-10-13(16)11-19-15-4-5-15/h6,8,10,14-15,19H,4-5,7,9,11-12H2,1-3H3. The Kier molecular flexibility index (Phi) is 3.72. The minimum absolute atomic E-state index is 0.411. The van der Waals surface area contributed by atoms with E-state index < -0.39 is 0 Å². The van der Waals surface area contributed by atoms with Crippen molar-refractivity contribution >= 4 is 5.69 Å². The molecule has 1 aliphatic carbocycles. The Bertz CT molecular complexity index is 460. The summed E-state index contributed by atoms with van der Waals surface area (Å²) in [7, 11) is 0. The summed E-state index contributed by atoms with van der Waals surface area (Å²) in [6.45, 7) is 10.4. The van der Waals surface area contributed by atoms with Gasteiger partial charge in [-0.25, -0.2) is 0 Å². The fraction of sp³-hybridized carbons (Fsp3) is 0.706. The zero-order valence-corrected chi connectivity index (χ0v) is 13.0. The van der Waals surface area contributed by atoms with Gasteiger partial charge in [0, 0.05) is 49.3 Å². The molecular formula is C17H27N3. The van der Waals surface area contributed by atoms with Crippen LogP contribution >= 0.6 is 0 Å². The molecule has 0 bridgehead atoms. The Morgan fingerprint density at radius 1 is 1.30 bits per heavy atom. The summed E-state index contributed by atoms with van der Waals surface area (Å²) >= 11 is 0. The highest BCUT2D eigenvalue weighted by Crippen LogP contribution is 2.36. The maximum absolute atomic E-state index is 4.32. The van der Waals surface area contributed by atoms with Crippen LogP contribution in [0, 0.1) is 11.3 Å². The Hall–Kier alpha value is -1.09. The second-order valence-corrected chi connectivity index (χ2v) is 7.46. The van der Waals surface area contributed by atoms with Crippen LogP contribution in [0.2, 0.25) is 0 Å². The number of hydrogen-bond acceptors (Lipinski definition) is 3. The molecule has 0 spiro atoms. The molecule has 2 fully saturated rings. The Morgan fingerprint density at radius 2 is 2.10 bits per heavy atom. The lowest BCUT2D eigenvalue weighted by Crippen LogP contribution is -2.27. The molecule has 1 unspecified atom stereocenters. The normalized spacial score (nSPS) is 23.4. The smallest absolute Gasteiger partial charge is 0.0442 e. The number of nitrogens with zero attached hydrogens (tertiary/aromatic N) is 2. The van der Waals surface area contributed by atoms with Crippen molar-refractivity contribution in [1.82, 2.24) is 10.3 Å². The molecule has 1 atom stereocenters. The lowest BCUT2D eigenvalue weighted by atomic mass is 9.80. The summed E-state index contributed by atoms with van der Waals surface area (Å²) in [5.41, 5.74) is 3.16. The van der Waals surface area contributed by atoms with Crippen LogP contribution in [0.3, 0.4) is 0 Å². The van der Waals surface area contributed by atoms with Crippen molar-refractivity contribution in [2.24, 2.45) is 11.3 Å². The minimum atomic E-state index is 0.411. The van der Waals surface area contributed by atoms with Crippen LogP contribution in [0.5, 0.6) is 0 Å². The van der Waals surface area contributed by atoms with E-state index in [4.69, 9.17) is 0 Å². The fourth-order valence-corrected chi connectivity index (χ4v) is 3.09. The van der Waals surface area contributed by atoms with E-state index in [9.17, 15) is 0 Å². The van der Waals surface area contributed by atoms with E-state index in [1.807, 2.05) is 12.4 Å². The highest BCUT2D eigenvalue weighted by atomic mass is 15.2. The van der Waals surface area contributed by atoms with Crippen molar-refractivity contribution < 1.29 is 0 Å². The Morgan fingerprint density at radius 3 is 2.75 bits per heavy atom. The van der Waals surface area contributed by atoms with E-state index in [1.165, 1.54) is 43.6 Å². The van der Waals surface area contributed by atoms with Gasteiger partial charge in [-0.2, -0.15) is 0 Å². The molecule has 3 heteroatoms. The highest BCUT2D eigenvalue weighted by molar-refractivity contribution is 5.53. The molecule has 1 aromatic heterocycles. The third-order valence-corrected chi connectivity index (χ3v) is 4.79. The average Bonchev–Trinajstić information content (AvgIpc) is 3.09. The molecule has 3 rings (SSSR count). The summed E-state index contributed by atoms with van der Waals surface area (Å²) in [6, 6.07) is 2.94.